The monoisotopic (exact) mass is 318 g/mol. The molecule has 0 unspecified atom stereocenters. The van der Waals surface area contributed by atoms with E-state index in [4.69, 9.17) is 9.47 Å². The third kappa shape index (κ3) is 2.05. The molecule has 1 saturated carbocycles. The highest BCUT2D eigenvalue weighted by molar-refractivity contribution is 6.10. The summed E-state index contributed by atoms with van der Waals surface area (Å²) in [5, 5.41) is 19.1. The molecule has 1 aliphatic heterocycles. The van der Waals surface area contributed by atoms with Gasteiger partial charge in [-0.15, -0.1) is 0 Å². The molecule has 3 rings (SSSR count). The van der Waals surface area contributed by atoms with Gasteiger partial charge < -0.3 is 19.7 Å². The molecular weight excluding hydrogens is 300 g/mol. The summed E-state index contributed by atoms with van der Waals surface area (Å²) in [5.41, 5.74) is -0.776. The van der Waals surface area contributed by atoms with Crippen LogP contribution in [0.1, 0.15) is 23.2 Å². The number of phenolic OH excluding ortho intramolecular Hbond substituents is 1. The van der Waals surface area contributed by atoms with Gasteiger partial charge in [0.05, 0.1) is 19.3 Å². The maximum absolute atomic E-state index is 13.1. The van der Waals surface area contributed by atoms with Crippen molar-refractivity contribution in [3.8, 4) is 11.5 Å². The molecule has 0 bridgehead atoms. The zero-order valence-electron chi connectivity index (χ0n) is 12.7. The van der Waals surface area contributed by atoms with Gasteiger partial charge in [0.25, 0.3) is 0 Å². The van der Waals surface area contributed by atoms with Gasteiger partial charge in [-0.2, -0.15) is 0 Å². The van der Waals surface area contributed by atoms with Crippen LogP contribution in [0.3, 0.4) is 0 Å². The second kappa shape index (κ2) is 5.38. The molecule has 122 valence electrons. The predicted octanol–water partition coefficient (Wildman–Crippen LogP) is 1.45. The fourth-order valence-corrected chi connectivity index (χ4v) is 3.74. The first-order valence-corrected chi connectivity index (χ1v) is 7.39. The van der Waals surface area contributed by atoms with Gasteiger partial charge in [-0.3, -0.25) is 9.59 Å². The molecule has 0 amide bonds. The summed E-state index contributed by atoms with van der Waals surface area (Å²) in [6.45, 7) is 3.53. The summed E-state index contributed by atoms with van der Waals surface area (Å²) in [6.07, 6.45) is 0.896. The third-order valence-corrected chi connectivity index (χ3v) is 4.80. The highest BCUT2D eigenvalue weighted by atomic mass is 16.5. The smallest absolute Gasteiger partial charge is 0.313 e. The summed E-state index contributed by atoms with van der Waals surface area (Å²) in [6, 6.07) is 4.25. The first-order valence-electron chi connectivity index (χ1n) is 7.39. The van der Waals surface area contributed by atoms with Crippen LogP contribution >= 0.6 is 0 Å². The van der Waals surface area contributed by atoms with Crippen LogP contribution in [0.5, 0.6) is 11.5 Å². The highest BCUT2D eigenvalue weighted by Crippen LogP contribution is 2.53. The molecule has 1 fully saturated rings. The standard InChI is InChI=1S/C17H18O6/c1-9(8-18)12-4-5-13(16(21)22-2)17(12)15(20)11-7-10(19)3-6-14(11)23-17/h3,6-7,12-13,18-19H,1,4-5,8H2,2H3/t12-,13-,17+/m0/s1. The van der Waals surface area contributed by atoms with Crippen LogP contribution in [0.25, 0.3) is 0 Å². The summed E-state index contributed by atoms with van der Waals surface area (Å²) < 4.78 is 10.8. The highest BCUT2D eigenvalue weighted by Gasteiger charge is 2.64. The summed E-state index contributed by atoms with van der Waals surface area (Å²) >= 11 is 0. The van der Waals surface area contributed by atoms with Crippen molar-refractivity contribution in [2.75, 3.05) is 13.7 Å². The Kier molecular flexibility index (Phi) is 3.64. The molecule has 6 heteroatoms. The number of fused-ring (bicyclic) bond motifs is 1. The molecule has 0 aromatic heterocycles. The van der Waals surface area contributed by atoms with Gasteiger partial charge in [0, 0.05) is 5.92 Å². The van der Waals surface area contributed by atoms with Gasteiger partial charge >= 0.3 is 5.97 Å². The van der Waals surface area contributed by atoms with Crippen LogP contribution in [-0.2, 0) is 9.53 Å². The Morgan fingerprint density at radius 3 is 2.78 bits per heavy atom. The Morgan fingerprint density at radius 1 is 1.43 bits per heavy atom. The van der Waals surface area contributed by atoms with E-state index in [0.29, 0.717) is 24.2 Å². The molecule has 2 N–H and O–H groups in total. The van der Waals surface area contributed by atoms with E-state index >= 15 is 0 Å². The third-order valence-electron chi connectivity index (χ3n) is 4.80. The topological polar surface area (TPSA) is 93.1 Å². The van der Waals surface area contributed by atoms with Gasteiger partial charge in [-0.1, -0.05) is 6.58 Å². The lowest BCUT2D eigenvalue weighted by atomic mass is 9.76. The number of aliphatic hydroxyl groups excluding tert-OH is 1. The summed E-state index contributed by atoms with van der Waals surface area (Å²) in [7, 11) is 1.27. The molecule has 1 aromatic carbocycles. The van der Waals surface area contributed by atoms with Crippen molar-refractivity contribution in [1.29, 1.82) is 0 Å². The number of rotatable bonds is 3. The van der Waals surface area contributed by atoms with E-state index in [-0.39, 0.29) is 23.7 Å². The average molecular weight is 318 g/mol. The Bertz CT molecular complexity index is 668. The summed E-state index contributed by atoms with van der Waals surface area (Å²) in [4.78, 5) is 25.3. The van der Waals surface area contributed by atoms with Gasteiger partial charge in [0.15, 0.2) is 5.60 Å². The minimum atomic E-state index is -1.46. The average Bonchev–Trinajstić information content (AvgIpc) is 3.06. The number of esters is 1. The quantitative estimate of drug-likeness (QED) is 0.647. The molecule has 1 spiro atoms. The first kappa shape index (κ1) is 15.6. The lowest BCUT2D eigenvalue weighted by molar-refractivity contribution is -0.150. The van der Waals surface area contributed by atoms with E-state index in [1.165, 1.54) is 25.3 Å². The van der Waals surface area contributed by atoms with E-state index in [1.807, 2.05) is 0 Å². The number of hydrogen-bond acceptors (Lipinski definition) is 6. The predicted molar refractivity (Wildman–Crippen MR) is 80.3 cm³/mol. The number of hydrogen-bond donors (Lipinski definition) is 2. The van der Waals surface area contributed by atoms with Crippen LogP contribution in [0, 0.1) is 11.8 Å². The Morgan fingerprint density at radius 2 is 2.13 bits per heavy atom. The normalized spacial score (nSPS) is 28.5. The van der Waals surface area contributed by atoms with Crippen molar-refractivity contribution in [1.82, 2.24) is 0 Å². The van der Waals surface area contributed by atoms with E-state index < -0.39 is 23.4 Å². The maximum atomic E-state index is 13.1. The SMILES string of the molecule is C=C(CO)[C@@H]1CC[C@@H](C(=O)OC)[C@]12Oc1ccc(O)cc1C2=O. The number of carbonyl (C=O) groups excluding carboxylic acids is 2. The number of Topliss-reactive ketones (excluding diaryl/α,β-unsaturated/α-hetero) is 1. The molecule has 0 saturated heterocycles. The van der Waals surface area contributed by atoms with Crippen LogP contribution in [-0.4, -0.2) is 41.3 Å². The molecule has 23 heavy (non-hydrogen) atoms. The van der Waals surface area contributed by atoms with E-state index in [2.05, 4.69) is 6.58 Å². The summed E-state index contributed by atoms with van der Waals surface area (Å²) in [5.74, 6) is -1.90. The Hall–Kier alpha value is -2.34. The van der Waals surface area contributed by atoms with E-state index in [0.717, 1.165) is 0 Å². The first-order chi connectivity index (χ1) is 11.0. The van der Waals surface area contributed by atoms with Crippen molar-refractivity contribution in [2.24, 2.45) is 11.8 Å². The maximum Gasteiger partial charge on any atom is 0.313 e. The van der Waals surface area contributed by atoms with Crippen LogP contribution in [0.2, 0.25) is 0 Å². The second-order valence-electron chi connectivity index (χ2n) is 5.93. The lowest BCUT2D eigenvalue weighted by Crippen LogP contribution is -2.52. The molecule has 1 heterocycles. The van der Waals surface area contributed by atoms with Crippen molar-refractivity contribution in [3.63, 3.8) is 0 Å². The number of aromatic hydroxyl groups is 1. The van der Waals surface area contributed by atoms with Gasteiger partial charge in [-0.25, -0.2) is 0 Å². The Balaban J connectivity index is 2.13. The van der Waals surface area contributed by atoms with Crippen LogP contribution in [0.15, 0.2) is 30.4 Å². The van der Waals surface area contributed by atoms with E-state index in [1.54, 1.807) is 0 Å². The molecule has 3 atom stereocenters. The number of ketones is 1. The zero-order chi connectivity index (χ0) is 16.8. The largest absolute Gasteiger partial charge is 0.508 e. The number of methoxy groups -OCH3 is 1. The molecule has 6 nitrogen and oxygen atoms in total. The molecule has 1 aliphatic carbocycles. The zero-order valence-corrected chi connectivity index (χ0v) is 12.7. The van der Waals surface area contributed by atoms with Gasteiger partial charge in [-0.05, 0) is 36.6 Å². The van der Waals surface area contributed by atoms with Crippen molar-refractivity contribution in [3.05, 3.63) is 35.9 Å². The van der Waals surface area contributed by atoms with Crippen molar-refractivity contribution >= 4 is 11.8 Å². The number of phenols is 1. The van der Waals surface area contributed by atoms with Crippen LogP contribution < -0.4 is 4.74 Å². The number of carbonyl (C=O) groups is 2. The van der Waals surface area contributed by atoms with Crippen molar-refractivity contribution in [2.45, 2.75) is 18.4 Å². The second-order valence-corrected chi connectivity index (χ2v) is 5.93. The number of benzene rings is 1. The molecule has 0 radical (unpaired) electrons. The Labute approximate surface area is 133 Å². The molecule has 1 aromatic rings. The fraction of sp³-hybridized carbons (Fsp3) is 0.412. The number of ether oxygens (including phenoxy) is 2. The van der Waals surface area contributed by atoms with E-state index in [9.17, 15) is 19.8 Å². The van der Waals surface area contributed by atoms with Crippen LogP contribution in [0.4, 0.5) is 0 Å². The number of aliphatic hydroxyl groups is 1. The molecule has 2 aliphatic rings. The minimum Gasteiger partial charge on any atom is -0.508 e. The van der Waals surface area contributed by atoms with Gasteiger partial charge in [0.1, 0.15) is 17.4 Å². The van der Waals surface area contributed by atoms with Gasteiger partial charge in [0.2, 0.25) is 5.78 Å². The molecular formula is C17H18O6. The fourth-order valence-electron chi connectivity index (χ4n) is 3.74. The van der Waals surface area contributed by atoms with Crippen molar-refractivity contribution < 1.29 is 29.3 Å². The lowest BCUT2D eigenvalue weighted by Gasteiger charge is -2.33. The minimum absolute atomic E-state index is 0.0529.